The van der Waals surface area contributed by atoms with Crippen molar-refractivity contribution >= 4 is 11.6 Å². The summed E-state index contributed by atoms with van der Waals surface area (Å²) in [6.45, 7) is 2.37. The van der Waals surface area contributed by atoms with E-state index in [0.717, 1.165) is 44.3 Å². The van der Waals surface area contributed by atoms with Gasteiger partial charge in [-0.25, -0.2) is 0 Å². The van der Waals surface area contributed by atoms with Gasteiger partial charge in [0.1, 0.15) is 0 Å². The number of carbonyl (C=O) groups excluding carboxylic acids is 1. The minimum absolute atomic E-state index is 0.108. The average molecular weight is 345 g/mol. The van der Waals surface area contributed by atoms with Gasteiger partial charge in [-0.15, -0.1) is 0 Å². The van der Waals surface area contributed by atoms with E-state index in [1.54, 1.807) is 0 Å². The monoisotopic (exact) mass is 345 g/mol. The van der Waals surface area contributed by atoms with Crippen molar-refractivity contribution in [2.45, 2.75) is 63.6 Å². The molecular formula is C20H31N3O2. The third-order valence-corrected chi connectivity index (χ3v) is 5.67. The molecule has 0 bridgehead atoms. The van der Waals surface area contributed by atoms with Crippen LogP contribution < -0.4 is 16.0 Å². The zero-order chi connectivity index (χ0) is 17.6. The number of aliphatic hydroxyl groups excluding tert-OH is 1. The number of aliphatic hydroxyl groups is 1. The van der Waals surface area contributed by atoms with Crippen molar-refractivity contribution in [3.05, 3.63) is 29.8 Å². The lowest BCUT2D eigenvalue weighted by Crippen LogP contribution is -2.37. The minimum atomic E-state index is -0.150. The van der Waals surface area contributed by atoms with E-state index in [1.165, 1.54) is 18.5 Å². The van der Waals surface area contributed by atoms with Crippen LogP contribution in [0, 0.1) is 5.92 Å². The smallest absolute Gasteiger partial charge is 0.220 e. The van der Waals surface area contributed by atoms with Gasteiger partial charge in [0.25, 0.3) is 0 Å². The molecule has 4 N–H and O–H groups in total. The van der Waals surface area contributed by atoms with E-state index in [1.807, 2.05) is 0 Å². The van der Waals surface area contributed by atoms with Gasteiger partial charge in [0.2, 0.25) is 5.91 Å². The molecule has 1 aliphatic heterocycles. The lowest BCUT2D eigenvalue weighted by Gasteiger charge is -2.31. The summed E-state index contributed by atoms with van der Waals surface area (Å²) < 4.78 is 0. The molecule has 0 radical (unpaired) electrons. The number of nitrogens with one attached hydrogen (secondary N) is 1. The summed E-state index contributed by atoms with van der Waals surface area (Å²) in [6, 6.07) is 8.55. The molecule has 2 fully saturated rings. The largest absolute Gasteiger partial charge is 0.393 e. The molecule has 3 rings (SSSR count). The lowest BCUT2D eigenvalue weighted by atomic mass is 9.83. The summed E-state index contributed by atoms with van der Waals surface area (Å²) in [5.41, 5.74) is 8.43. The molecule has 25 heavy (non-hydrogen) atoms. The lowest BCUT2D eigenvalue weighted by molar-refractivity contribution is -0.122. The quantitative estimate of drug-likeness (QED) is 0.764. The van der Waals surface area contributed by atoms with E-state index < -0.39 is 0 Å². The van der Waals surface area contributed by atoms with Crippen LogP contribution in [0.4, 0.5) is 5.69 Å². The number of amides is 1. The summed E-state index contributed by atoms with van der Waals surface area (Å²) in [5.74, 6) is 0.446. The van der Waals surface area contributed by atoms with Crippen molar-refractivity contribution in [3.8, 4) is 0 Å². The van der Waals surface area contributed by atoms with Crippen LogP contribution in [0.15, 0.2) is 24.3 Å². The third-order valence-electron chi connectivity index (χ3n) is 5.67. The summed E-state index contributed by atoms with van der Waals surface area (Å²) >= 11 is 0. The Morgan fingerprint density at radius 3 is 2.48 bits per heavy atom. The van der Waals surface area contributed by atoms with Gasteiger partial charge in [0.05, 0.1) is 6.10 Å². The zero-order valence-corrected chi connectivity index (χ0v) is 15.0. The maximum absolute atomic E-state index is 12.2. The third kappa shape index (κ3) is 5.19. The first-order chi connectivity index (χ1) is 12.1. The van der Waals surface area contributed by atoms with Gasteiger partial charge in [0, 0.05) is 37.8 Å². The van der Waals surface area contributed by atoms with Gasteiger partial charge in [0.15, 0.2) is 0 Å². The molecule has 1 aliphatic carbocycles. The highest BCUT2D eigenvalue weighted by Gasteiger charge is 2.24. The Bertz CT molecular complexity index is 553. The molecule has 0 spiro atoms. The fraction of sp³-hybridized carbons (Fsp3) is 0.650. The maximum Gasteiger partial charge on any atom is 0.220 e. The molecular weight excluding hydrogens is 314 g/mol. The second-order valence-corrected chi connectivity index (χ2v) is 7.57. The van der Waals surface area contributed by atoms with Crippen molar-refractivity contribution in [3.63, 3.8) is 0 Å². The van der Waals surface area contributed by atoms with Gasteiger partial charge >= 0.3 is 0 Å². The fourth-order valence-corrected chi connectivity index (χ4v) is 3.95. The first-order valence-electron chi connectivity index (χ1n) is 9.66. The van der Waals surface area contributed by atoms with Crippen LogP contribution in [0.2, 0.25) is 0 Å². The number of nitrogens with two attached hydrogens (primary N) is 1. The highest BCUT2D eigenvalue weighted by atomic mass is 16.3. The number of hydrogen-bond donors (Lipinski definition) is 3. The van der Waals surface area contributed by atoms with Gasteiger partial charge in [-0.05, 0) is 49.3 Å². The molecule has 0 unspecified atom stereocenters. The van der Waals surface area contributed by atoms with Crippen molar-refractivity contribution in [1.82, 2.24) is 5.32 Å². The van der Waals surface area contributed by atoms with Crippen LogP contribution in [-0.2, 0) is 11.3 Å². The first kappa shape index (κ1) is 18.2. The van der Waals surface area contributed by atoms with E-state index in [9.17, 15) is 9.90 Å². The Kier molecular flexibility index (Phi) is 6.32. The van der Waals surface area contributed by atoms with Crippen molar-refractivity contribution in [1.29, 1.82) is 0 Å². The normalized spacial score (nSPS) is 25.0. The fourth-order valence-electron chi connectivity index (χ4n) is 3.95. The summed E-state index contributed by atoms with van der Waals surface area (Å²) in [5, 5.41) is 12.6. The van der Waals surface area contributed by atoms with Crippen LogP contribution in [0.5, 0.6) is 0 Å². The van der Waals surface area contributed by atoms with E-state index in [4.69, 9.17) is 5.73 Å². The van der Waals surface area contributed by atoms with Gasteiger partial charge in [-0.3, -0.25) is 4.79 Å². The Morgan fingerprint density at radius 2 is 1.80 bits per heavy atom. The summed E-state index contributed by atoms with van der Waals surface area (Å²) in [4.78, 5) is 14.5. The Hall–Kier alpha value is -1.59. The highest BCUT2D eigenvalue weighted by molar-refractivity contribution is 5.76. The molecule has 1 aromatic carbocycles. The Balaban J connectivity index is 1.44. The second-order valence-electron chi connectivity index (χ2n) is 7.57. The Morgan fingerprint density at radius 1 is 1.12 bits per heavy atom. The van der Waals surface area contributed by atoms with Gasteiger partial charge in [-0.1, -0.05) is 25.0 Å². The van der Waals surface area contributed by atoms with E-state index >= 15 is 0 Å². The standard InChI is InChI=1S/C20H31N3O2/c21-19-4-2-1-3-16(19)13-20(25)22-14-15-5-7-17(8-6-15)23-11-9-18(24)10-12-23/h5-8,16,18-19,24H,1-4,9-14,21H2,(H,22,25)/t16-,19-/m1/s1. The summed E-state index contributed by atoms with van der Waals surface area (Å²) in [6.07, 6.45) is 6.59. The van der Waals surface area contributed by atoms with Crippen LogP contribution in [0.25, 0.3) is 0 Å². The van der Waals surface area contributed by atoms with Crippen LogP contribution in [0.3, 0.4) is 0 Å². The predicted octanol–water partition coefficient (Wildman–Crippen LogP) is 2.17. The molecule has 1 saturated heterocycles. The molecule has 2 atom stereocenters. The number of rotatable bonds is 5. The highest BCUT2D eigenvalue weighted by Crippen LogP contribution is 2.25. The van der Waals surface area contributed by atoms with Crippen LogP contribution >= 0.6 is 0 Å². The van der Waals surface area contributed by atoms with Crippen molar-refractivity contribution < 1.29 is 9.90 Å². The minimum Gasteiger partial charge on any atom is -0.393 e. The van der Waals surface area contributed by atoms with Crippen LogP contribution in [0.1, 0.15) is 50.5 Å². The average Bonchev–Trinajstić information content (AvgIpc) is 2.63. The van der Waals surface area contributed by atoms with Crippen LogP contribution in [-0.4, -0.2) is 36.2 Å². The molecule has 1 saturated carbocycles. The number of nitrogens with zero attached hydrogens (tertiary/aromatic N) is 1. The Labute approximate surface area is 150 Å². The predicted molar refractivity (Wildman–Crippen MR) is 100 cm³/mol. The topological polar surface area (TPSA) is 78.6 Å². The number of carbonyl (C=O) groups is 1. The molecule has 2 aliphatic rings. The molecule has 1 aromatic rings. The number of hydrogen-bond acceptors (Lipinski definition) is 4. The molecule has 1 amide bonds. The van der Waals surface area contributed by atoms with Crippen molar-refractivity contribution in [2.24, 2.45) is 11.7 Å². The van der Waals surface area contributed by atoms with E-state index in [0.29, 0.717) is 18.9 Å². The molecule has 5 heteroatoms. The van der Waals surface area contributed by atoms with Gasteiger partial charge in [-0.2, -0.15) is 0 Å². The van der Waals surface area contributed by atoms with Crippen molar-refractivity contribution in [2.75, 3.05) is 18.0 Å². The first-order valence-corrected chi connectivity index (χ1v) is 9.66. The van der Waals surface area contributed by atoms with Gasteiger partial charge < -0.3 is 21.1 Å². The molecule has 5 nitrogen and oxygen atoms in total. The SMILES string of the molecule is N[C@@H]1CCCC[C@@H]1CC(=O)NCc1ccc(N2CCC(O)CC2)cc1. The number of benzene rings is 1. The van der Waals surface area contributed by atoms with E-state index in [2.05, 4.69) is 34.5 Å². The molecule has 138 valence electrons. The molecule has 1 heterocycles. The summed E-state index contributed by atoms with van der Waals surface area (Å²) in [7, 11) is 0. The number of piperidine rings is 1. The number of anilines is 1. The van der Waals surface area contributed by atoms with E-state index in [-0.39, 0.29) is 18.1 Å². The second kappa shape index (κ2) is 8.68. The zero-order valence-electron chi connectivity index (χ0n) is 15.0. The maximum atomic E-state index is 12.2. The molecule has 0 aromatic heterocycles.